The number of para-hydroxylation sites is 2. The standard InChI is InChI=1S/C18H19N3O4S/c1-20-15-5-3-4-6-16(15)21(18(20)23)12-11-17(22)19-13-7-9-14(10-8-13)26(2,24)25/h3-10H,11-12H2,1-2H3,(H,19,22). The van der Waals surface area contributed by atoms with E-state index in [1.807, 2.05) is 24.3 Å². The number of aryl methyl sites for hydroxylation is 2. The Morgan fingerprint density at radius 2 is 1.65 bits per heavy atom. The molecule has 2 aromatic carbocycles. The summed E-state index contributed by atoms with van der Waals surface area (Å²) in [5, 5.41) is 2.71. The van der Waals surface area contributed by atoms with Crippen LogP contribution in [0.25, 0.3) is 11.0 Å². The molecule has 0 saturated carbocycles. The molecular formula is C18H19N3O4S. The van der Waals surface area contributed by atoms with Crippen LogP contribution in [-0.2, 0) is 28.2 Å². The van der Waals surface area contributed by atoms with Crippen LogP contribution in [0.2, 0.25) is 0 Å². The quantitative estimate of drug-likeness (QED) is 0.738. The van der Waals surface area contributed by atoms with Gasteiger partial charge in [0.05, 0.1) is 15.9 Å². The highest BCUT2D eigenvalue weighted by atomic mass is 32.2. The number of carbonyl (C=O) groups is 1. The predicted octanol–water partition coefficient (Wildman–Crippen LogP) is 1.77. The Morgan fingerprint density at radius 1 is 1.04 bits per heavy atom. The molecule has 0 spiro atoms. The van der Waals surface area contributed by atoms with Gasteiger partial charge in [-0.3, -0.25) is 13.9 Å². The largest absolute Gasteiger partial charge is 0.328 e. The second kappa shape index (κ2) is 6.80. The molecule has 0 fully saturated rings. The molecule has 26 heavy (non-hydrogen) atoms. The van der Waals surface area contributed by atoms with Crippen LogP contribution in [0.3, 0.4) is 0 Å². The maximum atomic E-state index is 12.3. The summed E-state index contributed by atoms with van der Waals surface area (Å²) < 4.78 is 26.0. The summed E-state index contributed by atoms with van der Waals surface area (Å²) in [6.45, 7) is 0.257. The third-order valence-electron chi connectivity index (χ3n) is 4.18. The van der Waals surface area contributed by atoms with E-state index in [0.717, 1.165) is 17.3 Å². The number of nitrogens with zero attached hydrogens (tertiary/aromatic N) is 2. The number of amides is 1. The van der Waals surface area contributed by atoms with Gasteiger partial charge in [-0.15, -0.1) is 0 Å². The maximum Gasteiger partial charge on any atom is 0.328 e. The van der Waals surface area contributed by atoms with Gasteiger partial charge >= 0.3 is 5.69 Å². The normalized spacial score (nSPS) is 11.6. The summed E-state index contributed by atoms with van der Waals surface area (Å²) in [5.74, 6) is -0.253. The minimum atomic E-state index is -3.27. The number of hydrogen-bond donors (Lipinski definition) is 1. The van der Waals surface area contributed by atoms with Crippen LogP contribution >= 0.6 is 0 Å². The van der Waals surface area contributed by atoms with Gasteiger partial charge in [0, 0.05) is 32.0 Å². The Kier molecular flexibility index (Phi) is 4.69. The van der Waals surface area contributed by atoms with Crippen LogP contribution in [0.5, 0.6) is 0 Å². The van der Waals surface area contributed by atoms with Gasteiger partial charge in [0.15, 0.2) is 9.84 Å². The predicted molar refractivity (Wildman–Crippen MR) is 100.0 cm³/mol. The van der Waals surface area contributed by atoms with Crippen molar-refractivity contribution in [2.24, 2.45) is 7.05 Å². The molecule has 1 amide bonds. The Balaban J connectivity index is 1.70. The van der Waals surface area contributed by atoms with E-state index in [4.69, 9.17) is 0 Å². The molecule has 0 atom stereocenters. The fourth-order valence-corrected chi connectivity index (χ4v) is 3.43. The van der Waals surface area contributed by atoms with E-state index < -0.39 is 9.84 Å². The molecule has 3 rings (SSSR count). The molecule has 0 aliphatic heterocycles. The minimum Gasteiger partial charge on any atom is -0.326 e. The summed E-state index contributed by atoms with van der Waals surface area (Å²) >= 11 is 0. The number of nitrogens with one attached hydrogen (secondary N) is 1. The summed E-state index contributed by atoms with van der Waals surface area (Å²) in [5.41, 5.74) is 1.93. The van der Waals surface area contributed by atoms with Gasteiger partial charge in [-0.2, -0.15) is 0 Å². The van der Waals surface area contributed by atoms with Crippen LogP contribution < -0.4 is 11.0 Å². The topological polar surface area (TPSA) is 90.2 Å². The monoisotopic (exact) mass is 373 g/mol. The van der Waals surface area contributed by atoms with Crippen LogP contribution in [0, 0.1) is 0 Å². The fourth-order valence-electron chi connectivity index (χ4n) is 2.80. The number of fused-ring (bicyclic) bond motifs is 1. The Hall–Kier alpha value is -2.87. The second-order valence-electron chi connectivity index (χ2n) is 6.08. The highest BCUT2D eigenvalue weighted by molar-refractivity contribution is 7.90. The highest BCUT2D eigenvalue weighted by Gasteiger charge is 2.12. The number of sulfone groups is 1. The van der Waals surface area contributed by atoms with Crippen LogP contribution in [0.15, 0.2) is 58.2 Å². The van der Waals surface area contributed by atoms with Crippen molar-refractivity contribution in [3.8, 4) is 0 Å². The molecule has 0 aliphatic carbocycles. The number of imidazole rings is 1. The van der Waals surface area contributed by atoms with Gasteiger partial charge in [-0.25, -0.2) is 13.2 Å². The third kappa shape index (κ3) is 3.55. The molecule has 0 saturated heterocycles. The van der Waals surface area contributed by atoms with Gasteiger partial charge in [-0.05, 0) is 36.4 Å². The summed E-state index contributed by atoms with van der Waals surface area (Å²) in [6, 6.07) is 13.4. The number of carbonyl (C=O) groups excluding carboxylic acids is 1. The third-order valence-corrected chi connectivity index (χ3v) is 5.31. The van der Waals surface area contributed by atoms with E-state index in [2.05, 4.69) is 5.32 Å². The smallest absolute Gasteiger partial charge is 0.326 e. The maximum absolute atomic E-state index is 12.3. The lowest BCUT2D eigenvalue weighted by Crippen LogP contribution is -2.24. The molecule has 1 aromatic heterocycles. The van der Waals surface area contributed by atoms with Gasteiger partial charge in [0.1, 0.15) is 0 Å². The molecule has 0 bridgehead atoms. The van der Waals surface area contributed by atoms with Crippen molar-refractivity contribution < 1.29 is 13.2 Å². The first-order valence-electron chi connectivity index (χ1n) is 8.01. The summed E-state index contributed by atoms with van der Waals surface area (Å²) in [6.07, 6.45) is 1.25. The molecular weight excluding hydrogens is 354 g/mol. The van der Waals surface area contributed by atoms with Crippen molar-refractivity contribution in [3.63, 3.8) is 0 Å². The van der Waals surface area contributed by atoms with E-state index in [1.54, 1.807) is 28.3 Å². The average Bonchev–Trinajstić information content (AvgIpc) is 2.84. The zero-order chi connectivity index (χ0) is 18.9. The lowest BCUT2D eigenvalue weighted by molar-refractivity contribution is -0.116. The van der Waals surface area contributed by atoms with E-state index >= 15 is 0 Å². The molecule has 7 nitrogen and oxygen atoms in total. The molecule has 1 heterocycles. The van der Waals surface area contributed by atoms with Crippen molar-refractivity contribution in [3.05, 3.63) is 59.0 Å². The Labute approximate surface area is 150 Å². The average molecular weight is 373 g/mol. The molecule has 136 valence electrons. The van der Waals surface area contributed by atoms with Gasteiger partial charge < -0.3 is 5.32 Å². The molecule has 8 heteroatoms. The Bertz CT molecular complexity index is 1130. The fraction of sp³-hybridized carbons (Fsp3) is 0.222. The number of rotatable bonds is 5. The molecule has 0 radical (unpaired) electrons. The van der Waals surface area contributed by atoms with Crippen LogP contribution in [-0.4, -0.2) is 29.7 Å². The Morgan fingerprint density at radius 3 is 2.27 bits per heavy atom. The number of aromatic nitrogens is 2. The number of benzene rings is 2. The van der Waals surface area contributed by atoms with Gasteiger partial charge in [0.25, 0.3) is 0 Å². The SMILES string of the molecule is Cn1c(=O)n(CCC(=O)Nc2ccc(S(C)(=O)=O)cc2)c2ccccc21. The lowest BCUT2D eigenvalue weighted by Gasteiger charge is -2.07. The lowest BCUT2D eigenvalue weighted by atomic mass is 10.3. The van der Waals surface area contributed by atoms with Crippen LogP contribution in [0.4, 0.5) is 5.69 Å². The first-order valence-corrected chi connectivity index (χ1v) is 9.91. The minimum absolute atomic E-state index is 0.127. The molecule has 3 aromatic rings. The van der Waals surface area contributed by atoms with E-state index in [0.29, 0.717) is 5.69 Å². The molecule has 1 N–H and O–H groups in total. The summed E-state index contributed by atoms with van der Waals surface area (Å²) in [7, 11) is -1.57. The zero-order valence-corrected chi connectivity index (χ0v) is 15.3. The van der Waals surface area contributed by atoms with E-state index in [-0.39, 0.29) is 29.5 Å². The van der Waals surface area contributed by atoms with E-state index in [1.165, 1.54) is 12.1 Å². The number of anilines is 1. The number of hydrogen-bond acceptors (Lipinski definition) is 4. The van der Waals surface area contributed by atoms with Crippen molar-refractivity contribution >= 4 is 32.5 Å². The molecule has 0 unspecified atom stereocenters. The zero-order valence-electron chi connectivity index (χ0n) is 14.5. The van der Waals surface area contributed by atoms with E-state index in [9.17, 15) is 18.0 Å². The van der Waals surface area contributed by atoms with Gasteiger partial charge in [0.2, 0.25) is 5.91 Å². The van der Waals surface area contributed by atoms with Crippen molar-refractivity contribution in [2.45, 2.75) is 17.9 Å². The van der Waals surface area contributed by atoms with Gasteiger partial charge in [-0.1, -0.05) is 12.1 Å². The first kappa shape index (κ1) is 17.9. The van der Waals surface area contributed by atoms with Crippen LogP contribution in [0.1, 0.15) is 6.42 Å². The second-order valence-corrected chi connectivity index (χ2v) is 8.09. The highest BCUT2D eigenvalue weighted by Crippen LogP contribution is 2.15. The molecule has 0 aliphatic rings. The van der Waals surface area contributed by atoms with Crippen molar-refractivity contribution in [1.82, 2.24) is 9.13 Å². The first-order chi connectivity index (χ1) is 12.3. The van der Waals surface area contributed by atoms with Crippen molar-refractivity contribution in [1.29, 1.82) is 0 Å². The van der Waals surface area contributed by atoms with Crippen molar-refractivity contribution in [2.75, 3.05) is 11.6 Å². The summed E-state index contributed by atoms with van der Waals surface area (Å²) in [4.78, 5) is 24.7.